The fourth-order valence-electron chi connectivity index (χ4n) is 2.04. The number of hydrogen-bond acceptors (Lipinski definition) is 3. The average Bonchev–Trinajstić information content (AvgIpc) is 2.16. The maximum atomic E-state index is 11.8. The van der Waals surface area contributed by atoms with E-state index in [0.29, 0.717) is 0 Å². The number of likely N-dealkylation sites (tertiary alicyclic amines) is 1. The molecule has 0 spiro atoms. The third-order valence-electron chi connectivity index (χ3n) is 3.40. The molecule has 1 rings (SSSR count). The molecule has 5 heteroatoms. The van der Waals surface area contributed by atoms with Crippen molar-refractivity contribution < 1.29 is 8.42 Å². The molecule has 0 unspecified atom stereocenters. The standard InChI is InChI=1S/C12H26N2O2S/c1-10(2)17(15,16)13-11-6-8-14(9-7-11)12(3,4)5/h10-11,13H,6-9H2,1-5H3. The molecule has 4 nitrogen and oxygen atoms in total. The second-order valence-electron chi connectivity index (χ2n) is 6.14. The maximum Gasteiger partial charge on any atom is 0.214 e. The number of nitrogens with one attached hydrogen (secondary N) is 1. The summed E-state index contributed by atoms with van der Waals surface area (Å²) in [6, 6.07) is 0.112. The fraction of sp³-hybridized carbons (Fsp3) is 1.00. The topological polar surface area (TPSA) is 49.4 Å². The van der Waals surface area contributed by atoms with Crippen LogP contribution in [0.5, 0.6) is 0 Å². The Kier molecular flexibility index (Phi) is 4.60. The molecule has 1 heterocycles. The third-order valence-corrected chi connectivity index (χ3v) is 5.30. The van der Waals surface area contributed by atoms with Crippen LogP contribution in [0.1, 0.15) is 47.5 Å². The zero-order chi connectivity index (χ0) is 13.3. The van der Waals surface area contributed by atoms with Crippen LogP contribution in [0.15, 0.2) is 0 Å². The molecule has 1 saturated heterocycles. The van der Waals surface area contributed by atoms with E-state index in [0.717, 1.165) is 25.9 Å². The first-order valence-electron chi connectivity index (χ1n) is 6.39. The van der Waals surface area contributed by atoms with E-state index >= 15 is 0 Å². The SMILES string of the molecule is CC(C)S(=O)(=O)NC1CCN(C(C)(C)C)CC1. The lowest BCUT2D eigenvalue weighted by Gasteiger charge is -2.41. The Morgan fingerprint density at radius 2 is 1.65 bits per heavy atom. The van der Waals surface area contributed by atoms with Crippen molar-refractivity contribution in [3.05, 3.63) is 0 Å². The Bertz CT molecular complexity index is 336. The van der Waals surface area contributed by atoms with E-state index in [1.807, 2.05) is 0 Å². The lowest BCUT2D eigenvalue weighted by Crippen LogP contribution is -2.51. The predicted molar refractivity (Wildman–Crippen MR) is 71.5 cm³/mol. The molecule has 1 aliphatic heterocycles. The molecule has 1 aliphatic rings. The molecule has 102 valence electrons. The summed E-state index contributed by atoms with van der Waals surface area (Å²) in [4.78, 5) is 2.41. The fourth-order valence-corrected chi connectivity index (χ4v) is 3.01. The van der Waals surface area contributed by atoms with Gasteiger partial charge in [0.05, 0.1) is 5.25 Å². The summed E-state index contributed by atoms with van der Waals surface area (Å²) in [5, 5.41) is -0.344. The quantitative estimate of drug-likeness (QED) is 0.840. The van der Waals surface area contributed by atoms with Crippen LogP contribution >= 0.6 is 0 Å². The van der Waals surface area contributed by atoms with Gasteiger partial charge < -0.3 is 0 Å². The van der Waals surface area contributed by atoms with Gasteiger partial charge in [0.25, 0.3) is 0 Å². The second kappa shape index (κ2) is 5.24. The Labute approximate surface area is 106 Å². The molecule has 17 heavy (non-hydrogen) atoms. The zero-order valence-corrected chi connectivity index (χ0v) is 12.5. The van der Waals surface area contributed by atoms with Crippen molar-refractivity contribution >= 4 is 10.0 Å². The van der Waals surface area contributed by atoms with Crippen molar-refractivity contribution in [3.63, 3.8) is 0 Å². The van der Waals surface area contributed by atoms with Crippen molar-refractivity contribution in [2.75, 3.05) is 13.1 Å². The molecule has 0 amide bonds. The van der Waals surface area contributed by atoms with Crippen molar-refractivity contribution in [2.24, 2.45) is 0 Å². The molecule has 0 bridgehead atoms. The minimum atomic E-state index is -3.12. The minimum Gasteiger partial charge on any atom is -0.298 e. The Balaban J connectivity index is 2.49. The summed E-state index contributed by atoms with van der Waals surface area (Å²) in [6.07, 6.45) is 1.81. The van der Waals surface area contributed by atoms with Crippen LogP contribution in [0.25, 0.3) is 0 Å². The molecule has 0 aliphatic carbocycles. The first kappa shape index (κ1) is 14.9. The molecule has 1 fully saturated rings. The normalized spacial score (nSPS) is 21.1. The summed E-state index contributed by atoms with van der Waals surface area (Å²) in [6.45, 7) is 12.0. The number of hydrogen-bond donors (Lipinski definition) is 1. The van der Waals surface area contributed by atoms with Gasteiger partial charge in [0.15, 0.2) is 0 Å². The van der Waals surface area contributed by atoms with Gasteiger partial charge in [-0.25, -0.2) is 13.1 Å². The molecule has 0 aromatic carbocycles. The van der Waals surface area contributed by atoms with Gasteiger partial charge in [-0.2, -0.15) is 0 Å². The Hall–Kier alpha value is -0.130. The summed E-state index contributed by atoms with van der Waals surface area (Å²) in [5.41, 5.74) is 0.182. The molecule has 0 radical (unpaired) electrons. The van der Waals surface area contributed by atoms with E-state index in [2.05, 4.69) is 30.4 Å². The van der Waals surface area contributed by atoms with Gasteiger partial charge >= 0.3 is 0 Å². The predicted octanol–water partition coefficient (Wildman–Crippen LogP) is 1.58. The van der Waals surface area contributed by atoms with Crippen LogP contribution < -0.4 is 4.72 Å². The first-order chi connectivity index (χ1) is 7.63. The van der Waals surface area contributed by atoms with Crippen LogP contribution in [-0.4, -0.2) is 43.2 Å². The minimum absolute atomic E-state index is 0.112. The smallest absolute Gasteiger partial charge is 0.214 e. The van der Waals surface area contributed by atoms with Crippen LogP contribution in [0.3, 0.4) is 0 Å². The number of piperidine rings is 1. The molecule has 0 aromatic rings. The van der Waals surface area contributed by atoms with Crippen LogP contribution in [0.4, 0.5) is 0 Å². The highest BCUT2D eigenvalue weighted by Gasteiger charge is 2.29. The third kappa shape index (κ3) is 4.23. The van der Waals surface area contributed by atoms with Gasteiger partial charge in [-0.1, -0.05) is 0 Å². The monoisotopic (exact) mass is 262 g/mol. The number of rotatable bonds is 3. The largest absolute Gasteiger partial charge is 0.298 e. The van der Waals surface area contributed by atoms with Crippen molar-refractivity contribution in [3.8, 4) is 0 Å². The van der Waals surface area contributed by atoms with Crippen LogP contribution in [0.2, 0.25) is 0 Å². The average molecular weight is 262 g/mol. The molecule has 0 saturated carbocycles. The lowest BCUT2D eigenvalue weighted by molar-refractivity contribution is 0.100. The van der Waals surface area contributed by atoms with E-state index in [4.69, 9.17) is 0 Å². The maximum absolute atomic E-state index is 11.8. The molecular formula is C12H26N2O2S. The first-order valence-corrected chi connectivity index (χ1v) is 7.94. The van der Waals surface area contributed by atoms with E-state index < -0.39 is 10.0 Å². The van der Waals surface area contributed by atoms with E-state index in [1.54, 1.807) is 13.8 Å². The summed E-state index contributed by atoms with van der Waals surface area (Å²) < 4.78 is 26.3. The number of sulfonamides is 1. The van der Waals surface area contributed by atoms with E-state index in [9.17, 15) is 8.42 Å². The van der Waals surface area contributed by atoms with E-state index in [1.165, 1.54) is 0 Å². The Morgan fingerprint density at radius 1 is 1.18 bits per heavy atom. The molecule has 0 aromatic heterocycles. The van der Waals surface area contributed by atoms with E-state index in [-0.39, 0.29) is 16.8 Å². The summed E-state index contributed by atoms with van der Waals surface area (Å²) >= 11 is 0. The van der Waals surface area contributed by atoms with Crippen LogP contribution in [-0.2, 0) is 10.0 Å². The highest BCUT2D eigenvalue weighted by atomic mass is 32.2. The van der Waals surface area contributed by atoms with Gasteiger partial charge in [-0.3, -0.25) is 4.90 Å². The van der Waals surface area contributed by atoms with Crippen LogP contribution in [0, 0.1) is 0 Å². The highest BCUT2D eigenvalue weighted by molar-refractivity contribution is 7.90. The number of nitrogens with zero attached hydrogens (tertiary/aromatic N) is 1. The van der Waals surface area contributed by atoms with Gasteiger partial charge in [0, 0.05) is 24.7 Å². The summed E-state index contributed by atoms with van der Waals surface area (Å²) in [7, 11) is -3.12. The second-order valence-corrected chi connectivity index (χ2v) is 8.41. The van der Waals surface area contributed by atoms with Gasteiger partial charge in [0.1, 0.15) is 0 Å². The Morgan fingerprint density at radius 3 is 2.00 bits per heavy atom. The molecule has 1 N–H and O–H groups in total. The summed E-state index contributed by atoms with van der Waals surface area (Å²) in [5.74, 6) is 0. The molecule has 0 atom stereocenters. The van der Waals surface area contributed by atoms with Gasteiger partial charge in [-0.15, -0.1) is 0 Å². The van der Waals surface area contributed by atoms with Crippen molar-refractivity contribution in [1.29, 1.82) is 0 Å². The zero-order valence-electron chi connectivity index (χ0n) is 11.7. The highest BCUT2D eigenvalue weighted by Crippen LogP contribution is 2.20. The lowest BCUT2D eigenvalue weighted by atomic mass is 9.99. The van der Waals surface area contributed by atoms with Gasteiger partial charge in [0.2, 0.25) is 10.0 Å². The van der Waals surface area contributed by atoms with Gasteiger partial charge in [-0.05, 0) is 47.5 Å². The van der Waals surface area contributed by atoms with Crippen molar-refractivity contribution in [2.45, 2.75) is 64.3 Å². The molecular weight excluding hydrogens is 236 g/mol. The van der Waals surface area contributed by atoms with Crippen molar-refractivity contribution in [1.82, 2.24) is 9.62 Å².